The summed E-state index contributed by atoms with van der Waals surface area (Å²) in [5.74, 6) is -4.00. The fourth-order valence-electron chi connectivity index (χ4n) is 4.73. The molecule has 0 spiro atoms. The number of benzene rings is 1. The van der Waals surface area contributed by atoms with Crippen molar-refractivity contribution in [3.05, 3.63) is 59.4 Å². The predicted octanol–water partition coefficient (Wildman–Crippen LogP) is 4.02. The van der Waals surface area contributed by atoms with Gasteiger partial charge in [-0.15, -0.1) is 0 Å². The molecule has 1 saturated carbocycles. The van der Waals surface area contributed by atoms with Crippen molar-refractivity contribution in [1.82, 2.24) is 9.88 Å². The van der Waals surface area contributed by atoms with Gasteiger partial charge in [-0.3, -0.25) is 19.4 Å². The number of alkyl halides is 2. The number of hydrogen-bond acceptors (Lipinski definition) is 6. The molecule has 7 nitrogen and oxygen atoms in total. The number of aromatic nitrogens is 1. The molecule has 0 N–H and O–H groups in total. The van der Waals surface area contributed by atoms with Crippen molar-refractivity contribution in [3.63, 3.8) is 0 Å². The van der Waals surface area contributed by atoms with E-state index in [1.54, 1.807) is 24.3 Å². The van der Waals surface area contributed by atoms with Crippen LogP contribution in [0, 0.1) is 17.2 Å². The average Bonchev–Trinajstić information content (AvgIpc) is 3.67. The number of ether oxygens (including phenoxy) is 1. The molecule has 4 rings (SSSR count). The summed E-state index contributed by atoms with van der Waals surface area (Å²) in [4.78, 5) is 43.6. The number of rotatable bonds is 9. The Morgan fingerprint density at radius 3 is 2.49 bits per heavy atom. The molecule has 0 radical (unpaired) electrons. The molecule has 0 bridgehead atoms. The van der Waals surface area contributed by atoms with Crippen LogP contribution in [-0.4, -0.2) is 52.5 Å². The summed E-state index contributed by atoms with van der Waals surface area (Å²) in [6.45, 7) is -0.805. The van der Waals surface area contributed by atoms with Crippen molar-refractivity contribution in [2.45, 2.75) is 50.0 Å². The summed E-state index contributed by atoms with van der Waals surface area (Å²) in [5.41, 5.74) is -0.375. The molecular weight excluding hydrogens is 456 g/mol. The minimum atomic E-state index is -3.13. The van der Waals surface area contributed by atoms with Crippen LogP contribution in [0.3, 0.4) is 0 Å². The number of carbonyl (C=O) groups excluding carboxylic acids is 3. The van der Waals surface area contributed by atoms with Crippen molar-refractivity contribution >= 4 is 17.5 Å². The van der Waals surface area contributed by atoms with Gasteiger partial charge in [-0.25, -0.2) is 8.78 Å². The van der Waals surface area contributed by atoms with Gasteiger partial charge in [-0.05, 0) is 54.7 Å². The van der Waals surface area contributed by atoms with E-state index in [0.717, 1.165) is 4.90 Å². The summed E-state index contributed by atoms with van der Waals surface area (Å²) in [5, 5.41) is 9.69. The first kappa shape index (κ1) is 24.5. The van der Waals surface area contributed by atoms with Crippen molar-refractivity contribution in [1.29, 1.82) is 5.26 Å². The van der Waals surface area contributed by atoms with E-state index in [9.17, 15) is 28.4 Å². The van der Waals surface area contributed by atoms with Gasteiger partial charge in [0.2, 0.25) is 5.91 Å². The van der Waals surface area contributed by atoms with Crippen LogP contribution in [0.4, 0.5) is 8.78 Å². The van der Waals surface area contributed by atoms with E-state index in [1.165, 1.54) is 25.6 Å². The molecule has 1 aromatic heterocycles. The molecule has 1 aliphatic heterocycles. The van der Waals surface area contributed by atoms with Crippen LogP contribution in [0.15, 0.2) is 42.7 Å². The maximum atomic E-state index is 14.2. The second-order valence-corrected chi connectivity index (χ2v) is 9.11. The van der Waals surface area contributed by atoms with Gasteiger partial charge in [0.25, 0.3) is 5.92 Å². The zero-order valence-corrected chi connectivity index (χ0v) is 19.3. The quantitative estimate of drug-likeness (QED) is 0.502. The fourth-order valence-corrected chi connectivity index (χ4v) is 4.73. The Bertz CT molecular complexity index is 1190. The lowest BCUT2D eigenvalue weighted by atomic mass is 9.90. The van der Waals surface area contributed by atoms with Gasteiger partial charge >= 0.3 is 0 Å². The van der Waals surface area contributed by atoms with E-state index in [-0.39, 0.29) is 36.5 Å². The van der Waals surface area contributed by atoms with Crippen LogP contribution < -0.4 is 4.74 Å². The molecule has 1 amide bonds. The second kappa shape index (κ2) is 9.53. The molecular formula is C26H25F2N3O4. The van der Waals surface area contributed by atoms with E-state index >= 15 is 0 Å². The Morgan fingerprint density at radius 1 is 1.14 bits per heavy atom. The van der Waals surface area contributed by atoms with E-state index in [4.69, 9.17) is 4.74 Å². The number of likely N-dealkylation sites (tertiary alicyclic amines) is 1. The Labute approximate surface area is 201 Å². The fraction of sp³-hybridized carbons (Fsp3) is 0.423. The Balaban J connectivity index is 1.44. The first-order chi connectivity index (χ1) is 16.7. The van der Waals surface area contributed by atoms with Crippen molar-refractivity contribution < 1.29 is 27.9 Å². The summed E-state index contributed by atoms with van der Waals surface area (Å²) in [6.07, 6.45) is 2.89. The summed E-state index contributed by atoms with van der Waals surface area (Å²) < 4.78 is 33.5. The number of nitriles is 1. The molecule has 2 aliphatic rings. The maximum Gasteiger partial charge on any atom is 0.268 e. The molecule has 1 atom stereocenters. The molecule has 9 heteroatoms. The number of pyridine rings is 1. The third-order valence-corrected chi connectivity index (χ3v) is 6.68. The number of methoxy groups -OCH3 is 1. The van der Waals surface area contributed by atoms with E-state index in [1.807, 2.05) is 6.07 Å². The topological polar surface area (TPSA) is 100 Å². The molecule has 2 fully saturated rings. The molecule has 1 saturated heterocycles. The number of amides is 1. The third kappa shape index (κ3) is 5.06. The van der Waals surface area contributed by atoms with E-state index in [0.29, 0.717) is 29.7 Å². The lowest BCUT2D eigenvalue weighted by Crippen LogP contribution is -2.48. The zero-order valence-electron chi connectivity index (χ0n) is 19.3. The van der Waals surface area contributed by atoms with Gasteiger partial charge < -0.3 is 9.64 Å². The molecule has 2 heterocycles. The van der Waals surface area contributed by atoms with E-state index in [2.05, 4.69) is 4.98 Å². The minimum absolute atomic E-state index is 0.0627. The summed E-state index contributed by atoms with van der Waals surface area (Å²) in [6, 6.07) is 10.1. The van der Waals surface area contributed by atoms with Crippen LogP contribution >= 0.6 is 0 Å². The minimum Gasteiger partial charge on any atom is -0.497 e. The average molecular weight is 481 g/mol. The monoisotopic (exact) mass is 481 g/mol. The van der Waals surface area contributed by atoms with Gasteiger partial charge in [0, 0.05) is 42.8 Å². The highest BCUT2D eigenvalue weighted by Crippen LogP contribution is 2.52. The highest BCUT2D eigenvalue weighted by atomic mass is 19.3. The predicted molar refractivity (Wildman–Crippen MR) is 121 cm³/mol. The maximum absolute atomic E-state index is 14.2. The first-order valence-electron chi connectivity index (χ1n) is 11.4. The van der Waals surface area contributed by atoms with E-state index < -0.39 is 36.1 Å². The number of halogens is 2. The Kier molecular flexibility index (Phi) is 6.66. The lowest BCUT2D eigenvalue weighted by molar-refractivity contribution is -0.135. The summed E-state index contributed by atoms with van der Waals surface area (Å²) >= 11 is 0. The number of Topliss-reactive ketones (excluding diaryl/α,β-unsaturated/α-hetero) is 2. The molecule has 1 aliphatic carbocycles. The van der Waals surface area contributed by atoms with Gasteiger partial charge in [0.05, 0.1) is 26.1 Å². The molecule has 2 aromatic rings. The van der Waals surface area contributed by atoms with Crippen LogP contribution in [0.2, 0.25) is 0 Å². The van der Waals surface area contributed by atoms with Crippen LogP contribution in [0.1, 0.15) is 58.4 Å². The van der Waals surface area contributed by atoms with Crippen molar-refractivity contribution in [3.8, 4) is 11.8 Å². The van der Waals surface area contributed by atoms with Gasteiger partial charge in [-0.1, -0.05) is 0 Å². The SMILES string of the molecule is COc1ccc(C(=O)Cc2cnccc2C(=O)CCC(=O)N2CC(F)(F)C[C@]2(C#N)C2CC2)cc1. The first-order valence-corrected chi connectivity index (χ1v) is 11.4. The normalized spacial score (nSPS) is 20.8. The highest BCUT2D eigenvalue weighted by molar-refractivity contribution is 6.02. The number of ketones is 2. The molecule has 35 heavy (non-hydrogen) atoms. The molecule has 0 unspecified atom stereocenters. The number of nitrogens with zero attached hydrogens (tertiary/aromatic N) is 3. The largest absolute Gasteiger partial charge is 0.497 e. The van der Waals surface area contributed by atoms with Gasteiger partial charge in [-0.2, -0.15) is 5.26 Å². The number of hydrogen-bond donors (Lipinski definition) is 0. The van der Waals surface area contributed by atoms with Crippen molar-refractivity contribution in [2.75, 3.05) is 13.7 Å². The lowest BCUT2D eigenvalue weighted by Gasteiger charge is -2.31. The Hall–Kier alpha value is -3.67. The third-order valence-electron chi connectivity index (χ3n) is 6.68. The molecule has 1 aromatic carbocycles. The zero-order chi connectivity index (χ0) is 25.2. The number of carbonyl (C=O) groups is 3. The van der Waals surface area contributed by atoms with Crippen LogP contribution in [0.5, 0.6) is 5.75 Å². The van der Waals surface area contributed by atoms with Crippen LogP contribution in [0.25, 0.3) is 0 Å². The standard InChI is InChI=1S/C26H25F2N3O4/c1-35-20-6-2-17(3-7-20)23(33)12-18-13-30-11-10-21(18)22(32)8-9-24(34)31-16-26(27,28)14-25(31,15-29)19-4-5-19/h2-3,6-7,10-11,13,19H,4-5,8-9,12,14,16H2,1H3/t25-/m0/s1. The Morgan fingerprint density at radius 2 is 1.86 bits per heavy atom. The molecule has 182 valence electrons. The van der Waals surface area contributed by atoms with Gasteiger partial charge in [0.1, 0.15) is 11.3 Å². The van der Waals surface area contributed by atoms with Gasteiger partial charge in [0.15, 0.2) is 11.6 Å². The second-order valence-electron chi connectivity index (χ2n) is 9.11. The van der Waals surface area contributed by atoms with Crippen molar-refractivity contribution in [2.24, 2.45) is 5.92 Å². The summed E-state index contributed by atoms with van der Waals surface area (Å²) in [7, 11) is 1.52. The smallest absolute Gasteiger partial charge is 0.268 e. The highest BCUT2D eigenvalue weighted by Gasteiger charge is 2.62. The van der Waals surface area contributed by atoms with Crippen LogP contribution in [-0.2, 0) is 11.2 Å².